The van der Waals surface area contributed by atoms with Crippen molar-refractivity contribution in [2.24, 2.45) is 0 Å². The van der Waals surface area contributed by atoms with Crippen LogP contribution in [0.2, 0.25) is 5.02 Å². The van der Waals surface area contributed by atoms with E-state index in [0.29, 0.717) is 15.6 Å². The molecule has 0 aliphatic rings. The number of nitrogens with one attached hydrogen (secondary N) is 1. The molecule has 6 heteroatoms. The number of halogens is 1. The Morgan fingerprint density at radius 1 is 1.53 bits per heavy atom. The highest BCUT2D eigenvalue weighted by molar-refractivity contribution is 7.85. The molecular formula is C11H15ClN2O2S. The highest BCUT2D eigenvalue weighted by Gasteiger charge is 2.13. The van der Waals surface area contributed by atoms with Crippen LogP contribution in [0.5, 0.6) is 0 Å². The van der Waals surface area contributed by atoms with E-state index < -0.39 is 10.8 Å². The molecule has 1 rings (SSSR count). The van der Waals surface area contributed by atoms with Crippen molar-refractivity contribution in [1.29, 1.82) is 0 Å². The fourth-order valence-corrected chi connectivity index (χ4v) is 2.68. The molecule has 0 fully saturated rings. The van der Waals surface area contributed by atoms with E-state index in [1.807, 2.05) is 13.8 Å². The summed E-state index contributed by atoms with van der Waals surface area (Å²) in [7, 11) is -1.45. The van der Waals surface area contributed by atoms with Gasteiger partial charge in [0.15, 0.2) is 0 Å². The summed E-state index contributed by atoms with van der Waals surface area (Å²) in [5.41, 5.74) is 6.03. The number of hydrogen-bond acceptors (Lipinski definition) is 3. The van der Waals surface area contributed by atoms with Gasteiger partial charge >= 0.3 is 0 Å². The summed E-state index contributed by atoms with van der Waals surface area (Å²) in [4.78, 5) is 11.9. The topological polar surface area (TPSA) is 72.2 Å². The Hall–Kier alpha value is -1.07. The van der Waals surface area contributed by atoms with Gasteiger partial charge in [-0.1, -0.05) is 11.6 Å². The van der Waals surface area contributed by atoms with E-state index in [9.17, 15) is 9.00 Å². The maximum absolute atomic E-state index is 11.9. The summed E-state index contributed by atoms with van der Waals surface area (Å²) in [5.74, 6) is -0.354. The van der Waals surface area contributed by atoms with Crippen molar-refractivity contribution in [3.63, 3.8) is 0 Å². The number of carbonyl (C=O) groups is 1. The van der Waals surface area contributed by atoms with Gasteiger partial charge in [0.25, 0.3) is 0 Å². The lowest BCUT2D eigenvalue weighted by atomic mass is 10.3. The van der Waals surface area contributed by atoms with Crippen molar-refractivity contribution in [3.05, 3.63) is 23.2 Å². The molecule has 1 atom stereocenters. The number of nitrogen functional groups attached to an aromatic ring is 1. The third-order valence-electron chi connectivity index (χ3n) is 1.91. The molecule has 17 heavy (non-hydrogen) atoms. The van der Waals surface area contributed by atoms with E-state index in [2.05, 4.69) is 5.32 Å². The molecule has 94 valence electrons. The molecule has 0 aliphatic heterocycles. The minimum Gasteiger partial charge on any atom is -0.399 e. The Kier molecular flexibility index (Phi) is 4.96. The van der Waals surface area contributed by atoms with Gasteiger partial charge in [0, 0.05) is 11.7 Å². The van der Waals surface area contributed by atoms with Crippen molar-refractivity contribution in [2.45, 2.75) is 24.8 Å². The quantitative estimate of drug-likeness (QED) is 0.819. The molecule has 0 aliphatic carbocycles. The lowest BCUT2D eigenvalue weighted by Gasteiger charge is -2.09. The zero-order valence-corrected chi connectivity index (χ0v) is 11.3. The number of benzene rings is 1. The van der Waals surface area contributed by atoms with E-state index in [4.69, 9.17) is 17.3 Å². The molecule has 0 aromatic heterocycles. The molecule has 0 radical (unpaired) electrons. The summed E-state index contributed by atoms with van der Waals surface area (Å²) >= 11 is 5.91. The molecule has 1 amide bonds. The number of hydrogen-bond donors (Lipinski definition) is 2. The molecule has 1 aromatic carbocycles. The van der Waals surface area contributed by atoms with Crippen LogP contribution in [0.1, 0.15) is 13.8 Å². The van der Waals surface area contributed by atoms with Gasteiger partial charge in [-0.15, -0.1) is 0 Å². The zero-order chi connectivity index (χ0) is 13.0. The van der Waals surface area contributed by atoms with Gasteiger partial charge in [0.1, 0.15) is 5.75 Å². The molecule has 0 heterocycles. The second-order valence-corrected chi connectivity index (χ2v) is 5.73. The lowest BCUT2D eigenvalue weighted by molar-refractivity contribution is -0.119. The molecule has 0 bridgehead atoms. The highest BCUT2D eigenvalue weighted by atomic mass is 35.5. The Morgan fingerprint density at radius 3 is 2.71 bits per heavy atom. The summed E-state index contributed by atoms with van der Waals surface area (Å²) in [6, 6.07) is 4.74. The van der Waals surface area contributed by atoms with Crippen LogP contribution in [0, 0.1) is 0 Å². The third-order valence-corrected chi connectivity index (χ3v) is 3.71. The average Bonchev–Trinajstić information content (AvgIpc) is 2.15. The van der Waals surface area contributed by atoms with Crippen LogP contribution >= 0.6 is 11.6 Å². The maximum Gasteiger partial charge on any atom is 0.233 e. The van der Waals surface area contributed by atoms with Crippen molar-refractivity contribution in [3.8, 4) is 0 Å². The van der Waals surface area contributed by atoms with E-state index in [-0.39, 0.29) is 17.7 Å². The van der Waals surface area contributed by atoms with Gasteiger partial charge in [-0.2, -0.15) is 0 Å². The van der Waals surface area contributed by atoms with Gasteiger partial charge in [0.05, 0.1) is 20.7 Å². The average molecular weight is 275 g/mol. The molecule has 0 saturated carbocycles. The van der Waals surface area contributed by atoms with Crippen LogP contribution in [0.25, 0.3) is 0 Å². The van der Waals surface area contributed by atoms with Gasteiger partial charge in [-0.05, 0) is 32.0 Å². The molecule has 3 N–H and O–H groups in total. The first kappa shape index (κ1) is 14.0. The SMILES string of the molecule is CC(C)NC(=O)CS(=O)c1ccc(N)cc1Cl. The number of amides is 1. The van der Waals surface area contributed by atoms with E-state index in [1.165, 1.54) is 6.07 Å². The van der Waals surface area contributed by atoms with E-state index in [0.717, 1.165) is 0 Å². The lowest BCUT2D eigenvalue weighted by Crippen LogP contribution is -2.33. The van der Waals surface area contributed by atoms with Crippen LogP contribution < -0.4 is 11.1 Å². The highest BCUT2D eigenvalue weighted by Crippen LogP contribution is 2.22. The molecule has 0 spiro atoms. The van der Waals surface area contributed by atoms with Gasteiger partial charge < -0.3 is 11.1 Å². The van der Waals surface area contributed by atoms with Crippen molar-refractivity contribution in [1.82, 2.24) is 5.32 Å². The Bertz CT molecular complexity index is 449. The van der Waals surface area contributed by atoms with Crippen molar-refractivity contribution in [2.75, 3.05) is 11.5 Å². The first-order valence-corrected chi connectivity index (χ1v) is 6.82. The Balaban J connectivity index is 2.73. The largest absolute Gasteiger partial charge is 0.399 e. The summed E-state index contributed by atoms with van der Waals surface area (Å²) in [5, 5.41) is 2.99. The monoisotopic (exact) mass is 274 g/mol. The van der Waals surface area contributed by atoms with Gasteiger partial charge in [0.2, 0.25) is 5.91 Å². The van der Waals surface area contributed by atoms with Crippen LogP contribution in [-0.2, 0) is 15.6 Å². The molecule has 0 saturated heterocycles. The first-order valence-electron chi connectivity index (χ1n) is 5.13. The molecule has 1 unspecified atom stereocenters. The predicted molar refractivity (Wildman–Crippen MR) is 70.4 cm³/mol. The number of anilines is 1. The van der Waals surface area contributed by atoms with Crippen LogP contribution in [-0.4, -0.2) is 21.9 Å². The summed E-state index contributed by atoms with van der Waals surface area (Å²) in [6.07, 6.45) is 0. The zero-order valence-electron chi connectivity index (χ0n) is 9.70. The molecule has 4 nitrogen and oxygen atoms in total. The fraction of sp³-hybridized carbons (Fsp3) is 0.364. The summed E-state index contributed by atoms with van der Waals surface area (Å²) in [6.45, 7) is 3.69. The smallest absolute Gasteiger partial charge is 0.233 e. The molecule has 1 aromatic rings. The van der Waals surface area contributed by atoms with Crippen molar-refractivity contribution >= 4 is 34.0 Å². The normalized spacial score (nSPS) is 12.5. The minimum atomic E-state index is -1.45. The first-order chi connectivity index (χ1) is 7.90. The van der Waals surface area contributed by atoms with Crippen LogP contribution in [0.3, 0.4) is 0 Å². The van der Waals surface area contributed by atoms with Gasteiger partial charge in [-0.3, -0.25) is 9.00 Å². The predicted octanol–water partition coefficient (Wildman–Crippen LogP) is 1.55. The maximum atomic E-state index is 11.9. The number of carbonyl (C=O) groups excluding carboxylic acids is 1. The fourth-order valence-electron chi connectivity index (χ4n) is 1.26. The number of nitrogens with two attached hydrogens (primary N) is 1. The van der Waals surface area contributed by atoms with Crippen LogP contribution in [0.15, 0.2) is 23.1 Å². The standard InChI is InChI=1S/C11H15ClN2O2S/c1-7(2)14-11(15)6-17(16)10-4-3-8(13)5-9(10)12/h3-5,7H,6,13H2,1-2H3,(H,14,15). The minimum absolute atomic E-state index is 0.0291. The van der Waals surface area contributed by atoms with Gasteiger partial charge in [-0.25, -0.2) is 0 Å². The summed E-state index contributed by atoms with van der Waals surface area (Å²) < 4.78 is 11.9. The number of rotatable bonds is 4. The Labute approximate surface area is 108 Å². The van der Waals surface area contributed by atoms with Crippen LogP contribution in [0.4, 0.5) is 5.69 Å². The third kappa shape index (κ3) is 4.36. The molecular weight excluding hydrogens is 260 g/mol. The second kappa shape index (κ2) is 6.02. The van der Waals surface area contributed by atoms with E-state index in [1.54, 1.807) is 12.1 Å². The second-order valence-electron chi connectivity index (χ2n) is 3.90. The van der Waals surface area contributed by atoms with Crippen molar-refractivity contribution < 1.29 is 9.00 Å². The van der Waals surface area contributed by atoms with E-state index >= 15 is 0 Å². The Morgan fingerprint density at radius 2 is 2.18 bits per heavy atom.